The minimum Gasteiger partial charge on any atom is -0.323 e. The molecule has 3 rings (SSSR count). The molecule has 1 amide bonds. The summed E-state index contributed by atoms with van der Waals surface area (Å²) in [5, 5.41) is 3.28. The van der Waals surface area contributed by atoms with Gasteiger partial charge < -0.3 is 5.32 Å². The first-order valence-corrected chi connectivity index (χ1v) is 11.0. The molecule has 0 spiro atoms. The van der Waals surface area contributed by atoms with Crippen molar-refractivity contribution in [2.45, 2.75) is 24.7 Å². The second kappa shape index (κ2) is 8.90. The standard InChI is InChI=1S/C21H23ClN2O3S/c1-16-12-14-24(15-13-16)28(26,27)19-9-7-18(8-10-19)23-21(25)11-6-17-4-2-3-5-20(17)22/h2-11,16H,12-15H2,1H3,(H,23,25)/b11-6+. The molecule has 28 heavy (non-hydrogen) atoms. The van der Waals surface area contributed by atoms with Crippen molar-refractivity contribution in [2.75, 3.05) is 18.4 Å². The minimum absolute atomic E-state index is 0.242. The highest BCUT2D eigenvalue weighted by Gasteiger charge is 2.27. The molecule has 1 N–H and O–H groups in total. The molecular weight excluding hydrogens is 396 g/mol. The van der Waals surface area contributed by atoms with Crippen molar-refractivity contribution in [1.82, 2.24) is 4.31 Å². The molecule has 0 bridgehead atoms. The van der Waals surface area contributed by atoms with E-state index >= 15 is 0 Å². The molecule has 1 aliphatic heterocycles. The number of hydrogen-bond acceptors (Lipinski definition) is 3. The molecule has 0 aliphatic carbocycles. The SMILES string of the molecule is CC1CCN(S(=O)(=O)c2ccc(NC(=O)/C=C/c3ccccc3Cl)cc2)CC1. The normalized spacial score (nSPS) is 16.4. The second-order valence-electron chi connectivity index (χ2n) is 6.96. The van der Waals surface area contributed by atoms with E-state index in [4.69, 9.17) is 11.6 Å². The van der Waals surface area contributed by atoms with Crippen LogP contribution in [0, 0.1) is 5.92 Å². The molecule has 1 heterocycles. The zero-order chi connectivity index (χ0) is 20.1. The summed E-state index contributed by atoms with van der Waals surface area (Å²) in [6.07, 6.45) is 4.78. The lowest BCUT2D eigenvalue weighted by Crippen LogP contribution is -2.37. The summed E-state index contributed by atoms with van der Waals surface area (Å²) in [5.74, 6) is 0.239. The number of nitrogens with zero attached hydrogens (tertiary/aromatic N) is 1. The first-order chi connectivity index (χ1) is 13.4. The molecule has 7 heteroatoms. The van der Waals surface area contributed by atoms with E-state index in [9.17, 15) is 13.2 Å². The van der Waals surface area contributed by atoms with Gasteiger partial charge in [-0.1, -0.05) is 36.7 Å². The maximum atomic E-state index is 12.7. The Balaban J connectivity index is 1.64. The molecule has 2 aromatic carbocycles. The van der Waals surface area contributed by atoms with E-state index in [0.29, 0.717) is 29.7 Å². The zero-order valence-corrected chi connectivity index (χ0v) is 17.2. The van der Waals surface area contributed by atoms with Gasteiger partial charge in [0.1, 0.15) is 0 Å². The molecule has 2 aromatic rings. The lowest BCUT2D eigenvalue weighted by molar-refractivity contribution is -0.111. The highest BCUT2D eigenvalue weighted by molar-refractivity contribution is 7.89. The lowest BCUT2D eigenvalue weighted by atomic mass is 10.0. The maximum Gasteiger partial charge on any atom is 0.248 e. The molecule has 1 fully saturated rings. The van der Waals surface area contributed by atoms with E-state index in [0.717, 1.165) is 18.4 Å². The predicted molar refractivity (Wildman–Crippen MR) is 113 cm³/mol. The third-order valence-corrected chi connectivity index (χ3v) is 7.08. The average molecular weight is 419 g/mol. The molecule has 0 atom stereocenters. The van der Waals surface area contributed by atoms with Crippen molar-refractivity contribution in [3.8, 4) is 0 Å². The van der Waals surface area contributed by atoms with Crippen LogP contribution in [0.4, 0.5) is 5.69 Å². The van der Waals surface area contributed by atoms with Gasteiger partial charge in [-0.15, -0.1) is 0 Å². The fourth-order valence-corrected chi connectivity index (χ4v) is 4.71. The number of anilines is 1. The number of nitrogens with one attached hydrogen (secondary N) is 1. The summed E-state index contributed by atoms with van der Waals surface area (Å²) in [7, 11) is -3.49. The molecule has 0 aromatic heterocycles. The van der Waals surface area contributed by atoms with Crippen molar-refractivity contribution >= 4 is 39.3 Å². The van der Waals surface area contributed by atoms with Crippen molar-refractivity contribution in [3.05, 3.63) is 65.2 Å². The Hall–Kier alpha value is -2.15. The van der Waals surface area contributed by atoms with Crippen molar-refractivity contribution in [3.63, 3.8) is 0 Å². The first kappa shape index (κ1) is 20.6. The van der Waals surface area contributed by atoms with E-state index in [-0.39, 0.29) is 10.8 Å². The van der Waals surface area contributed by atoms with Crippen molar-refractivity contribution in [1.29, 1.82) is 0 Å². The van der Waals surface area contributed by atoms with E-state index in [2.05, 4.69) is 12.2 Å². The number of halogens is 1. The van der Waals surface area contributed by atoms with Gasteiger partial charge in [0.15, 0.2) is 0 Å². The summed E-state index contributed by atoms with van der Waals surface area (Å²) in [4.78, 5) is 12.3. The number of carbonyl (C=O) groups is 1. The van der Waals surface area contributed by atoms with Crippen molar-refractivity contribution < 1.29 is 13.2 Å². The van der Waals surface area contributed by atoms with Crippen LogP contribution in [0.5, 0.6) is 0 Å². The Morgan fingerprint density at radius 1 is 1.11 bits per heavy atom. The number of benzene rings is 2. The van der Waals surface area contributed by atoms with E-state index in [1.165, 1.54) is 22.5 Å². The van der Waals surface area contributed by atoms with Crippen LogP contribution in [0.2, 0.25) is 5.02 Å². The van der Waals surface area contributed by atoms with Gasteiger partial charge >= 0.3 is 0 Å². The molecule has 5 nitrogen and oxygen atoms in total. The van der Waals surface area contributed by atoms with Crippen LogP contribution >= 0.6 is 11.6 Å². The van der Waals surface area contributed by atoms with Gasteiger partial charge in [-0.2, -0.15) is 4.31 Å². The zero-order valence-electron chi connectivity index (χ0n) is 15.6. The van der Waals surface area contributed by atoms with Crippen LogP contribution < -0.4 is 5.32 Å². The molecule has 1 aliphatic rings. The average Bonchev–Trinajstić information content (AvgIpc) is 2.68. The summed E-state index contributed by atoms with van der Waals surface area (Å²) >= 11 is 6.06. The third-order valence-electron chi connectivity index (χ3n) is 4.82. The third kappa shape index (κ3) is 5.01. The van der Waals surface area contributed by atoms with Gasteiger partial charge in [0.25, 0.3) is 0 Å². The van der Waals surface area contributed by atoms with Gasteiger partial charge in [0, 0.05) is 29.9 Å². The predicted octanol–water partition coefficient (Wildman–Crippen LogP) is 4.41. The number of hydrogen-bond donors (Lipinski definition) is 1. The number of amides is 1. The Kier molecular flexibility index (Phi) is 6.54. The Labute approximate surface area is 171 Å². The molecule has 0 unspecified atom stereocenters. The summed E-state index contributed by atoms with van der Waals surface area (Å²) in [6, 6.07) is 13.5. The molecular formula is C21H23ClN2O3S. The maximum absolute atomic E-state index is 12.7. The molecule has 1 saturated heterocycles. The quantitative estimate of drug-likeness (QED) is 0.731. The molecule has 0 saturated carbocycles. The summed E-state index contributed by atoms with van der Waals surface area (Å²) in [5.41, 5.74) is 1.27. The molecule has 148 valence electrons. The van der Waals surface area contributed by atoms with Crippen LogP contribution in [-0.2, 0) is 14.8 Å². The largest absolute Gasteiger partial charge is 0.323 e. The number of rotatable bonds is 5. The van der Waals surface area contributed by atoms with Gasteiger partial charge in [-0.25, -0.2) is 8.42 Å². The van der Waals surface area contributed by atoms with Crippen LogP contribution in [0.25, 0.3) is 6.08 Å². The van der Waals surface area contributed by atoms with Crippen LogP contribution in [-0.4, -0.2) is 31.7 Å². The van der Waals surface area contributed by atoms with Crippen LogP contribution in [0.15, 0.2) is 59.5 Å². The lowest BCUT2D eigenvalue weighted by Gasteiger charge is -2.29. The molecule has 0 radical (unpaired) electrons. The van der Waals surface area contributed by atoms with Gasteiger partial charge in [0.05, 0.1) is 4.90 Å². The van der Waals surface area contributed by atoms with Crippen molar-refractivity contribution in [2.24, 2.45) is 5.92 Å². The van der Waals surface area contributed by atoms with E-state index < -0.39 is 10.0 Å². The van der Waals surface area contributed by atoms with E-state index in [1.807, 2.05) is 18.2 Å². The highest BCUT2D eigenvalue weighted by atomic mass is 35.5. The number of sulfonamides is 1. The Morgan fingerprint density at radius 2 is 1.75 bits per heavy atom. The fourth-order valence-electron chi connectivity index (χ4n) is 3.04. The number of piperidine rings is 1. The van der Waals surface area contributed by atoms with E-state index in [1.54, 1.807) is 24.3 Å². The topological polar surface area (TPSA) is 66.5 Å². The fraction of sp³-hybridized carbons (Fsp3) is 0.286. The summed E-state index contributed by atoms with van der Waals surface area (Å²) in [6.45, 7) is 3.24. The summed E-state index contributed by atoms with van der Waals surface area (Å²) < 4.78 is 27.0. The van der Waals surface area contributed by atoms with Gasteiger partial charge in [-0.3, -0.25) is 4.79 Å². The smallest absolute Gasteiger partial charge is 0.248 e. The monoisotopic (exact) mass is 418 g/mol. The highest BCUT2D eigenvalue weighted by Crippen LogP contribution is 2.24. The minimum atomic E-state index is -3.49. The van der Waals surface area contributed by atoms with Crippen LogP contribution in [0.3, 0.4) is 0 Å². The first-order valence-electron chi connectivity index (χ1n) is 9.20. The van der Waals surface area contributed by atoms with Gasteiger partial charge in [0.2, 0.25) is 15.9 Å². The Bertz CT molecular complexity index is 963. The number of carbonyl (C=O) groups excluding carboxylic acids is 1. The Morgan fingerprint density at radius 3 is 2.39 bits per heavy atom. The second-order valence-corrected chi connectivity index (χ2v) is 9.30. The van der Waals surface area contributed by atoms with Crippen LogP contribution in [0.1, 0.15) is 25.3 Å². The van der Waals surface area contributed by atoms with Gasteiger partial charge in [-0.05, 0) is 60.7 Å².